The monoisotopic (exact) mass is 194 g/mol. The molecule has 0 spiro atoms. The lowest BCUT2D eigenvalue weighted by Crippen LogP contribution is -2.22. The molecule has 1 aromatic carbocycles. The van der Waals surface area contributed by atoms with Crippen LogP contribution >= 0.6 is 0 Å². The van der Waals surface area contributed by atoms with Crippen LogP contribution in [-0.2, 0) is 0 Å². The lowest BCUT2D eigenvalue weighted by Gasteiger charge is -2.17. The molecule has 4 N–H and O–H groups in total. The van der Waals surface area contributed by atoms with Crippen molar-refractivity contribution in [3.05, 3.63) is 24.3 Å². The first kappa shape index (κ1) is 9.30. The summed E-state index contributed by atoms with van der Waals surface area (Å²) in [6.45, 7) is 0.955. The maximum Gasteiger partial charge on any atom is 0.0990 e. The van der Waals surface area contributed by atoms with E-state index in [0.29, 0.717) is 18.8 Å². The molecule has 1 saturated heterocycles. The lowest BCUT2D eigenvalue weighted by atomic mass is 10.2. The van der Waals surface area contributed by atoms with Crippen molar-refractivity contribution in [1.82, 2.24) is 0 Å². The predicted molar refractivity (Wildman–Crippen MR) is 55.1 cm³/mol. The lowest BCUT2D eigenvalue weighted by molar-refractivity contribution is 0.0572. The van der Waals surface area contributed by atoms with Crippen LogP contribution in [0.1, 0.15) is 0 Å². The second-order valence-corrected chi connectivity index (χ2v) is 3.63. The third-order valence-electron chi connectivity index (χ3n) is 2.52. The third kappa shape index (κ3) is 1.66. The average Bonchev–Trinajstić information content (AvgIpc) is 2.48. The van der Waals surface area contributed by atoms with Gasteiger partial charge in [-0.05, 0) is 24.3 Å². The number of aliphatic hydroxyl groups is 2. The molecule has 0 aliphatic carbocycles. The van der Waals surface area contributed by atoms with Crippen LogP contribution in [0.15, 0.2) is 24.3 Å². The maximum atomic E-state index is 9.37. The Morgan fingerprint density at radius 1 is 1.07 bits per heavy atom. The van der Waals surface area contributed by atoms with Crippen LogP contribution in [0.5, 0.6) is 0 Å². The van der Waals surface area contributed by atoms with E-state index < -0.39 is 12.2 Å². The van der Waals surface area contributed by atoms with Crippen molar-refractivity contribution in [1.29, 1.82) is 0 Å². The van der Waals surface area contributed by atoms with Gasteiger partial charge in [0.1, 0.15) is 0 Å². The molecule has 0 saturated carbocycles. The van der Waals surface area contributed by atoms with Gasteiger partial charge in [-0.3, -0.25) is 0 Å². The highest BCUT2D eigenvalue weighted by molar-refractivity contribution is 5.54. The summed E-state index contributed by atoms with van der Waals surface area (Å²) < 4.78 is 0. The molecule has 0 bridgehead atoms. The molecule has 76 valence electrons. The van der Waals surface area contributed by atoms with Gasteiger partial charge < -0.3 is 20.8 Å². The van der Waals surface area contributed by atoms with Crippen molar-refractivity contribution in [2.24, 2.45) is 0 Å². The molecule has 1 fully saturated rings. The number of aliphatic hydroxyl groups excluding tert-OH is 2. The maximum absolute atomic E-state index is 9.37. The highest BCUT2D eigenvalue weighted by atomic mass is 16.3. The highest BCUT2D eigenvalue weighted by Crippen LogP contribution is 2.21. The van der Waals surface area contributed by atoms with Crippen molar-refractivity contribution < 1.29 is 10.2 Å². The Morgan fingerprint density at radius 2 is 1.57 bits per heavy atom. The van der Waals surface area contributed by atoms with Crippen molar-refractivity contribution in [2.75, 3.05) is 23.7 Å². The van der Waals surface area contributed by atoms with E-state index in [1.54, 1.807) is 0 Å². The summed E-state index contributed by atoms with van der Waals surface area (Å²) >= 11 is 0. The van der Waals surface area contributed by atoms with Gasteiger partial charge in [0.2, 0.25) is 0 Å². The minimum absolute atomic E-state index is 0.477. The van der Waals surface area contributed by atoms with Gasteiger partial charge in [0.25, 0.3) is 0 Å². The van der Waals surface area contributed by atoms with Crippen LogP contribution in [0, 0.1) is 0 Å². The van der Waals surface area contributed by atoms with E-state index in [9.17, 15) is 10.2 Å². The molecule has 1 aliphatic rings. The highest BCUT2D eigenvalue weighted by Gasteiger charge is 2.29. The molecule has 4 heteroatoms. The van der Waals surface area contributed by atoms with Gasteiger partial charge in [0, 0.05) is 24.5 Å². The molecule has 1 aliphatic heterocycles. The van der Waals surface area contributed by atoms with Crippen molar-refractivity contribution in [3.63, 3.8) is 0 Å². The number of nitrogens with two attached hydrogens (primary N) is 1. The third-order valence-corrected chi connectivity index (χ3v) is 2.52. The number of hydrogen-bond acceptors (Lipinski definition) is 4. The van der Waals surface area contributed by atoms with Gasteiger partial charge in [0.05, 0.1) is 12.2 Å². The zero-order valence-electron chi connectivity index (χ0n) is 7.80. The Balaban J connectivity index is 2.13. The SMILES string of the molecule is Nc1ccc(N2C[C@@H](O)[C@@H](O)C2)cc1. The second-order valence-electron chi connectivity index (χ2n) is 3.63. The van der Waals surface area contributed by atoms with E-state index in [1.807, 2.05) is 29.2 Å². The summed E-state index contributed by atoms with van der Waals surface area (Å²) in [4.78, 5) is 1.94. The first-order valence-corrected chi connectivity index (χ1v) is 4.63. The number of nitrogen functional groups attached to an aromatic ring is 1. The number of nitrogens with zero attached hydrogens (tertiary/aromatic N) is 1. The largest absolute Gasteiger partial charge is 0.399 e. The van der Waals surface area contributed by atoms with Gasteiger partial charge >= 0.3 is 0 Å². The zero-order chi connectivity index (χ0) is 10.1. The average molecular weight is 194 g/mol. The van der Waals surface area contributed by atoms with Crippen molar-refractivity contribution in [2.45, 2.75) is 12.2 Å². The minimum atomic E-state index is -0.646. The topological polar surface area (TPSA) is 69.7 Å². The van der Waals surface area contributed by atoms with Crippen LogP contribution in [-0.4, -0.2) is 35.5 Å². The quantitative estimate of drug-likeness (QED) is 0.542. The number of benzene rings is 1. The van der Waals surface area contributed by atoms with E-state index in [-0.39, 0.29) is 0 Å². The summed E-state index contributed by atoms with van der Waals surface area (Å²) in [6.07, 6.45) is -1.29. The molecule has 0 radical (unpaired) electrons. The van der Waals surface area contributed by atoms with Crippen LogP contribution in [0.2, 0.25) is 0 Å². The minimum Gasteiger partial charge on any atom is -0.399 e. The molecule has 0 aromatic heterocycles. The second kappa shape index (κ2) is 3.48. The Hall–Kier alpha value is -1.26. The fourth-order valence-electron chi connectivity index (χ4n) is 1.67. The number of β-amino-alcohol motifs (C(OH)–C–C–N with tert-alkyl or cyclic N) is 2. The fraction of sp³-hybridized carbons (Fsp3) is 0.400. The predicted octanol–water partition coefficient (Wildman–Crippen LogP) is -0.189. The van der Waals surface area contributed by atoms with E-state index in [1.165, 1.54) is 0 Å². The Labute approximate surface area is 82.6 Å². The summed E-state index contributed by atoms with van der Waals surface area (Å²) in [7, 11) is 0. The molecular formula is C10H14N2O2. The van der Waals surface area contributed by atoms with Gasteiger partial charge in [0.15, 0.2) is 0 Å². The summed E-state index contributed by atoms with van der Waals surface area (Å²) in [6, 6.07) is 7.40. The van der Waals surface area contributed by atoms with Crippen molar-refractivity contribution in [3.8, 4) is 0 Å². The normalized spacial score (nSPS) is 26.9. The number of anilines is 2. The first-order chi connectivity index (χ1) is 6.66. The Bertz CT molecular complexity index is 302. The van der Waals surface area contributed by atoms with E-state index in [0.717, 1.165) is 5.69 Å². The number of hydrogen-bond donors (Lipinski definition) is 3. The van der Waals surface area contributed by atoms with Crippen LogP contribution in [0.25, 0.3) is 0 Å². The summed E-state index contributed by atoms with van der Waals surface area (Å²) in [5.74, 6) is 0. The standard InChI is InChI=1S/C10H14N2O2/c11-7-1-3-8(4-2-7)12-5-9(13)10(14)6-12/h1-4,9-10,13-14H,5-6,11H2/t9-,10+. The van der Waals surface area contributed by atoms with E-state index >= 15 is 0 Å². The first-order valence-electron chi connectivity index (χ1n) is 4.63. The molecule has 1 aromatic rings. The molecule has 2 atom stereocenters. The van der Waals surface area contributed by atoms with Gasteiger partial charge in [-0.1, -0.05) is 0 Å². The molecule has 0 amide bonds. The van der Waals surface area contributed by atoms with Gasteiger partial charge in [-0.2, -0.15) is 0 Å². The fourth-order valence-corrected chi connectivity index (χ4v) is 1.67. The van der Waals surface area contributed by atoms with E-state index in [4.69, 9.17) is 5.73 Å². The molecule has 1 heterocycles. The smallest absolute Gasteiger partial charge is 0.0990 e. The van der Waals surface area contributed by atoms with Crippen LogP contribution < -0.4 is 10.6 Å². The summed E-state index contributed by atoms with van der Waals surface area (Å²) in [5, 5.41) is 18.7. The molecule has 2 rings (SSSR count). The summed E-state index contributed by atoms with van der Waals surface area (Å²) in [5.41, 5.74) is 7.26. The molecule has 4 nitrogen and oxygen atoms in total. The van der Waals surface area contributed by atoms with Crippen LogP contribution in [0.4, 0.5) is 11.4 Å². The van der Waals surface area contributed by atoms with E-state index in [2.05, 4.69) is 0 Å². The van der Waals surface area contributed by atoms with Crippen LogP contribution in [0.3, 0.4) is 0 Å². The molecule has 0 unspecified atom stereocenters. The van der Waals surface area contributed by atoms with Gasteiger partial charge in [-0.15, -0.1) is 0 Å². The molecular weight excluding hydrogens is 180 g/mol. The zero-order valence-corrected chi connectivity index (χ0v) is 7.80. The Morgan fingerprint density at radius 3 is 2.07 bits per heavy atom. The Kier molecular flexibility index (Phi) is 2.31. The van der Waals surface area contributed by atoms with Gasteiger partial charge in [-0.25, -0.2) is 0 Å². The number of rotatable bonds is 1. The van der Waals surface area contributed by atoms with Crippen molar-refractivity contribution >= 4 is 11.4 Å². The molecule has 14 heavy (non-hydrogen) atoms.